The van der Waals surface area contributed by atoms with E-state index in [1.54, 1.807) is 0 Å². The van der Waals surface area contributed by atoms with Crippen molar-refractivity contribution in [3.8, 4) is 0 Å². The van der Waals surface area contributed by atoms with Gasteiger partial charge in [-0.1, -0.05) is 0 Å². The minimum Gasteiger partial charge on any atom is -0.469 e. The largest absolute Gasteiger partial charge is 0.469 e. The molecular formula is C9H17NO4. The lowest BCUT2D eigenvalue weighted by atomic mass is 10.1. The average Bonchev–Trinajstić information content (AvgIpc) is 2.14. The van der Waals surface area contributed by atoms with Gasteiger partial charge in [0.05, 0.1) is 26.6 Å². The van der Waals surface area contributed by atoms with Gasteiger partial charge in [0.25, 0.3) is 0 Å². The van der Waals surface area contributed by atoms with Crippen molar-refractivity contribution in [2.45, 2.75) is 6.42 Å². The highest BCUT2D eigenvalue weighted by molar-refractivity contribution is 5.80. The van der Waals surface area contributed by atoms with Gasteiger partial charge in [0.2, 0.25) is 0 Å². The molecule has 0 rings (SSSR count). The van der Waals surface area contributed by atoms with Gasteiger partial charge < -0.3 is 14.4 Å². The van der Waals surface area contributed by atoms with Crippen molar-refractivity contribution in [2.75, 3.05) is 34.9 Å². The highest BCUT2D eigenvalue weighted by atomic mass is 16.5. The molecule has 0 spiro atoms. The van der Waals surface area contributed by atoms with Gasteiger partial charge in [-0.05, 0) is 14.1 Å². The average molecular weight is 203 g/mol. The van der Waals surface area contributed by atoms with Gasteiger partial charge >= 0.3 is 11.9 Å². The standard InChI is InChI=1S/C9H17NO4/c1-10(2)6-7(9(12)14-4)5-8(11)13-3/h7H,5-6H2,1-4H3. The van der Waals surface area contributed by atoms with Crippen molar-refractivity contribution >= 4 is 11.9 Å². The number of hydrogen-bond donors (Lipinski definition) is 0. The molecule has 0 aliphatic heterocycles. The number of hydrogen-bond acceptors (Lipinski definition) is 5. The number of carbonyl (C=O) groups excluding carboxylic acids is 2. The molecule has 0 radical (unpaired) electrons. The first-order chi connectivity index (χ1) is 6.51. The molecular weight excluding hydrogens is 186 g/mol. The molecule has 0 saturated heterocycles. The van der Waals surface area contributed by atoms with Crippen molar-refractivity contribution in [1.82, 2.24) is 4.90 Å². The summed E-state index contributed by atoms with van der Waals surface area (Å²) >= 11 is 0. The van der Waals surface area contributed by atoms with Gasteiger partial charge in [-0.3, -0.25) is 9.59 Å². The van der Waals surface area contributed by atoms with Gasteiger partial charge in [0.15, 0.2) is 0 Å². The Hall–Kier alpha value is -1.10. The summed E-state index contributed by atoms with van der Waals surface area (Å²) in [5.41, 5.74) is 0. The lowest BCUT2D eigenvalue weighted by Crippen LogP contribution is -2.30. The smallest absolute Gasteiger partial charge is 0.310 e. The van der Waals surface area contributed by atoms with Crippen molar-refractivity contribution in [3.05, 3.63) is 0 Å². The van der Waals surface area contributed by atoms with Crippen molar-refractivity contribution in [1.29, 1.82) is 0 Å². The Labute approximate surface area is 84.0 Å². The van der Waals surface area contributed by atoms with Gasteiger partial charge in [-0.2, -0.15) is 0 Å². The Kier molecular flexibility index (Phi) is 5.87. The molecule has 0 N–H and O–H groups in total. The van der Waals surface area contributed by atoms with Crippen LogP contribution < -0.4 is 0 Å². The lowest BCUT2D eigenvalue weighted by molar-refractivity contribution is -0.152. The van der Waals surface area contributed by atoms with Crippen molar-refractivity contribution in [2.24, 2.45) is 5.92 Å². The normalized spacial score (nSPS) is 12.4. The van der Waals surface area contributed by atoms with E-state index in [-0.39, 0.29) is 12.4 Å². The second-order valence-electron chi connectivity index (χ2n) is 3.26. The fourth-order valence-corrected chi connectivity index (χ4v) is 1.11. The van der Waals surface area contributed by atoms with Gasteiger partial charge in [0.1, 0.15) is 0 Å². The molecule has 0 aromatic carbocycles. The zero-order valence-electron chi connectivity index (χ0n) is 9.07. The van der Waals surface area contributed by atoms with Gasteiger partial charge in [-0.25, -0.2) is 0 Å². The predicted octanol–water partition coefficient (Wildman–Crippen LogP) is -0.0997. The number of carbonyl (C=O) groups is 2. The van der Waals surface area contributed by atoms with Crippen LogP contribution >= 0.6 is 0 Å². The first-order valence-corrected chi connectivity index (χ1v) is 4.30. The summed E-state index contributed by atoms with van der Waals surface area (Å²) in [5, 5.41) is 0. The number of esters is 2. The third-order valence-corrected chi connectivity index (χ3v) is 1.76. The lowest BCUT2D eigenvalue weighted by Gasteiger charge is -2.17. The first kappa shape index (κ1) is 12.9. The van der Waals surface area contributed by atoms with Crippen LogP contribution in [0, 0.1) is 5.92 Å². The summed E-state index contributed by atoms with van der Waals surface area (Å²) in [7, 11) is 6.26. The number of ether oxygens (including phenoxy) is 2. The molecule has 0 heterocycles. The van der Waals surface area contributed by atoms with Crippen molar-refractivity contribution in [3.63, 3.8) is 0 Å². The van der Waals surface area contributed by atoms with E-state index in [9.17, 15) is 9.59 Å². The molecule has 0 aromatic rings. The molecule has 1 unspecified atom stereocenters. The molecule has 5 heteroatoms. The third kappa shape index (κ3) is 4.81. The number of nitrogens with zero attached hydrogens (tertiary/aromatic N) is 1. The second-order valence-corrected chi connectivity index (χ2v) is 3.26. The molecule has 0 fully saturated rings. The van der Waals surface area contributed by atoms with Crippen LogP contribution in [-0.2, 0) is 19.1 Å². The maximum absolute atomic E-state index is 11.2. The Morgan fingerprint density at radius 2 is 1.79 bits per heavy atom. The van der Waals surface area contributed by atoms with Crippen LogP contribution in [0.25, 0.3) is 0 Å². The van der Waals surface area contributed by atoms with Crippen molar-refractivity contribution < 1.29 is 19.1 Å². The molecule has 0 amide bonds. The minimum absolute atomic E-state index is 0.0569. The Balaban J connectivity index is 4.24. The van der Waals surface area contributed by atoms with E-state index < -0.39 is 11.9 Å². The second kappa shape index (κ2) is 6.37. The monoisotopic (exact) mass is 203 g/mol. The van der Waals surface area contributed by atoms with E-state index in [2.05, 4.69) is 9.47 Å². The van der Waals surface area contributed by atoms with Crippen LogP contribution in [0.5, 0.6) is 0 Å². The summed E-state index contributed by atoms with van der Waals surface area (Å²) in [5.74, 6) is -1.24. The van der Waals surface area contributed by atoms with Gasteiger partial charge in [-0.15, -0.1) is 0 Å². The van der Waals surface area contributed by atoms with E-state index in [0.717, 1.165) is 0 Å². The zero-order chi connectivity index (χ0) is 11.1. The molecule has 0 aliphatic rings. The predicted molar refractivity (Wildman–Crippen MR) is 50.7 cm³/mol. The van der Waals surface area contributed by atoms with Crippen LogP contribution in [0.4, 0.5) is 0 Å². The van der Waals surface area contributed by atoms with E-state index in [4.69, 9.17) is 0 Å². The Morgan fingerprint density at radius 1 is 1.21 bits per heavy atom. The number of methoxy groups -OCH3 is 2. The van der Waals surface area contributed by atoms with Crippen LogP contribution in [-0.4, -0.2) is 51.7 Å². The summed E-state index contributed by atoms with van der Waals surface area (Å²) < 4.78 is 9.08. The summed E-state index contributed by atoms with van der Waals surface area (Å²) in [6.45, 7) is 0.474. The molecule has 0 aromatic heterocycles. The van der Waals surface area contributed by atoms with E-state index in [0.29, 0.717) is 6.54 Å². The maximum Gasteiger partial charge on any atom is 0.310 e. The quantitative estimate of drug-likeness (QED) is 0.584. The molecule has 0 saturated carbocycles. The maximum atomic E-state index is 11.2. The zero-order valence-corrected chi connectivity index (χ0v) is 9.07. The molecule has 1 atom stereocenters. The summed E-state index contributed by atoms with van der Waals surface area (Å²) in [6.07, 6.45) is 0.0569. The van der Waals surface area contributed by atoms with Crippen LogP contribution in [0.1, 0.15) is 6.42 Å². The Bertz CT molecular complexity index is 203. The van der Waals surface area contributed by atoms with Crippen LogP contribution in [0.2, 0.25) is 0 Å². The van der Waals surface area contributed by atoms with Gasteiger partial charge in [0, 0.05) is 6.54 Å². The molecule has 14 heavy (non-hydrogen) atoms. The topological polar surface area (TPSA) is 55.8 Å². The van der Waals surface area contributed by atoms with Crippen LogP contribution in [0.3, 0.4) is 0 Å². The highest BCUT2D eigenvalue weighted by Gasteiger charge is 2.23. The van der Waals surface area contributed by atoms with E-state index >= 15 is 0 Å². The summed E-state index contributed by atoms with van der Waals surface area (Å²) in [6, 6.07) is 0. The molecule has 5 nitrogen and oxygen atoms in total. The molecule has 82 valence electrons. The SMILES string of the molecule is COC(=O)CC(CN(C)C)C(=O)OC. The molecule has 0 aliphatic carbocycles. The van der Waals surface area contributed by atoms with Crippen LogP contribution in [0.15, 0.2) is 0 Å². The van der Waals surface area contributed by atoms with E-state index in [1.807, 2.05) is 19.0 Å². The van der Waals surface area contributed by atoms with E-state index in [1.165, 1.54) is 14.2 Å². The summed E-state index contributed by atoms with van der Waals surface area (Å²) in [4.78, 5) is 24.0. The molecule has 0 bridgehead atoms. The highest BCUT2D eigenvalue weighted by Crippen LogP contribution is 2.07. The first-order valence-electron chi connectivity index (χ1n) is 4.30. The fraction of sp³-hybridized carbons (Fsp3) is 0.778. The Morgan fingerprint density at radius 3 is 2.14 bits per heavy atom. The fourth-order valence-electron chi connectivity index (χ4n) is 1.11. The number of rotatable bonds is 5. The minimum atomic E-state index is -0.456. The third-order valence-electron chi connectivity index (χ3n) is 1.76.